The predicted octanol–water partition coefficient (Wildman–Crippen LogP) is 7.90. The number of ether oxygens (including phenoxy) is 1. The maximum absolute atomic E-state index is 14.0. The first-order valence-electron chi connectivity index (χ1n) is 15.3. The van der Waals surface area contributed by atoms with Gasteiger partial charge >= 0.3 is 5.97 Å². The molecular weight excluding hydrogens is 601 g/mol. The van der Waals surface area contributed by atoms with Crippen molar-refractivity contribution in [1.29, 1.82) is 0 Å². The Kier molecular flexibility index (Phi) is 10.6. The molecule has 4 rings (SSSR count). The molecule has 0 spiro atoms. The molecule has 2 atom stereocenters. The first-order valence-corrected chi connectivity index (χ1v) is 16.2. The molecule has 1 N–H and O–H groups in total. The quantitative estimate of drug-likeness (QED) is 0.139. The van der Waals surface area contributed by atoms with E-state index in [9.17, 15) is 18.8 Å². The number of benzene rings is 2. The van der Waals surface area contributed by atoms with Crippen LogP contribution < -0.4 is 5.32 Å². The van der Waals surface area contributed by atoms with Gasteiger partial charge in [-0.15, -0.1) is 11.3 Å². The number of rotatable bonds is 10. The van der Waals surface area contributed by atoms with E-state index >= 15 is 0 Å². The molecule has 0 bridgehead atoms. The lowest BCUT2D eigenvalue weighted by Gasteiger charge is -2.24. The van der Waals surface area contributed by atoms with Gasteiger partial charge in [0.1, 0.15) is 17.5 Å². The van der Waals surface area contributed by atoms with Crippen LogP contribution in [0, 0.1) is 18.7 Å². The monoisotopic (exact) mass is 643 g/mol. The minimum Gasteiger partial charge on any atom is -0.458 e. The number of aromatic nitrogens is 2. The Morgan fingerprint density at radius 1 is 0.891 bits per heavy atom. The van der Waals surface area contributed by atoms with Gasteiger partial charge in [0.05, 0.1) is 4.88 Å². The van der Waals surface area contributed by atoms with Crippen LogP contribution in [0.1, 0.15) is 80.6 Å². The van der Waals surface area contributed by atoms with E-state index < -0.39 is 29.4 Å². The molecule has 0 saturated carbocycles. The molecule has 0 aliphatic heterocycles. The standard InChI is InChI=1S/C37H42FN3O4S/c1-22-9-12-26(18-29(22)38)28-20-39-33(40-21-28)25-13-10-24(11-14-25)17-27(34(43)41-23(2)35(44)45-37(6,7)8)19-30(42)31-15-16-32(46-31)36(3,4)5/h9-16,18,20-21,23,27H,17,19H2,1-8H3,(H,41,43)/t23-,27-/m1/s1. The predicted molar refractivity (Wildman–Crippen MR) is 180 cm³/mol. The number of amides is 1. The van der Waals surface area contributed by atoms with Crippen LogP contribution in [0.15, 0.2) is 67.0 Å². The third kappa shape index (κ3) is 9.16. The SMILES string of the molecule is Cc1ccc(-c2cnc(-c3ccc(C[C@H](CC(=O)c4ccc(C(C)(C)C)s4)C(=O)N[C@H](C)C(=O)OC(C)(C)C)cc3)nc2)cc1F. The first kappa shape index (κ1) is 34.6. The molecule has 242 valence electrons. The molecule has 2 heterocycles. The summed E-state index contributed by atoms with van der Waals surface area (Å²) < 4.78 is 19.5. The minimum absolute atomic E-state index is 0.0110. The summed E-state index contributed by atoms with van der Waals surface area (Å²) in [6.45, 7) is 14.9. The van der Waals surface area contributed by atoms with Crippen molar-refractivity contribution < 1.29 is 23.5 Å². The zero-order valence-electron chi connectivity index (χ0n) is 27.7. The lowest BCUT2D eigenvalue weighted by atomic mass is 9.92. The van der Waals surface area contributed by atoms with Gasteiger partial charge in [-0.2, -0.15) is 0 Å². The highest BCUT2D eigenvalue weighted by Crippen LogP contribution is 2.31. The Bertz CT molecular complexity index is 1700. The normalized spacial score (nSPS) is 13.2. The third-order valence-electron chi connectivity index (χ3n) is 7.39. The molecule has 0 fully saturated rings. The van der Waals surface area contributed by atoms with E-state index in [1.165, 1.54) is 17.4 Å². The van der Waals surface area contributed by atoms with Gasteiger partial charge < -0.3 is 10.1 Å². The number of nitrogens with one attached hydrogen (secondary N) is 1. The molecular formula is C37H42FN3O4S. The van der Waals surface area contributed by atoms with Gasteiger partial charge in [-0.3, -0.25) is 9.59 Å². The van der Waals surface area contributed by atoms with Crippen molar-refractivity contribution >= 4 is 29.0 Å². The summed E-state index contributed by atoms with van der Waals surface area (Å²) in [5.41, 5.74) is 2.81. The molecule has 1 amide bonds. The second-order valence-electron chi connectivity index (χ2n) is 13.7. The average molecular weight is 644 g/mol. The molecule has 0 saturated heterocycles. The lowest BCUT2D eigenvalue weighted by molar-refractivity contribution is -0.158. The number of halogens is 1. The average Bonchev–Trinajstić information content (AvgIpc) is 3.49. The second kappa shape index (κ2) is 14.0. The van der Waals surface area contributed by atoms with Crippen molar-refractivity contribution in [3.05, 3.63) is 93.7 Å². The van der Waals surface area contributed by atoms with E-state index in [2.05, 4.69) is 36.1 Å². The van der Waals surface area contributed by atoms with Gasteiger partial charge in [0.15, 0.2) is 11.6 Å². The number of ketones is 1. The van der Waals surface area contributed by atoms with Crippen molar-refractivity contribution in [3.63, 3.8) is 0 Å². The second-order valence-corrected chi connectivity index (χ2v) is 14.7. The number of carbonyl (C=O) groups excluding carboxylic acids is 3. The van der Waals surface area contributed by atoms with E-state index in [1.54, 1.807) is 53.1 Å². The summed E-state index contributed by atoms with van der Waals surface area (Å²) >= 11 is 1.45. The van der Waals surface area contributed by atoms with E-state index in [1.807, 2.05) is 42.5 Å². The van der Waals surface area contributed by atoms with Crippen LogP contribution in [0.25, 0.3) is 22.5 Å². The fourth-order valence-electron chi connectivity index (χ4n) is 4.73. The Hall–Kier alpha value is -4.24. The van der Waals surface area contributed by atoms with E-state index in [0.29, 0.717) is 27.4 Å². The molecule has 7 nitrogen and oxygen atoms in total. The highest BCUT2D eigenvalue weighted by atomic mass is 32.1. The van der Waals surface area contributed by atoms with Crippen LogP contribution in [-0.2, 0) is 26.2 Å². The molecule has 0 unspecified atom stereocenters. The third-order valence-corrected chi connectivity index (χ3v) is 8.94. The summed E-state index contributed by atoms with van der Waals surface area (Å²) in [6, 6.07) is 15.4. The number of esters is 1. The molecule has 46 heavy (non-hydrogen) atoms. The largest absolute Gasteiger partial charge is 0.458 e. The number of nitrogens with zero attached hydrogens (tertiary/aromatic N) is 2. The van der Waals surface area contributed by atoms with Gasteiger partial charge in [-0.1, -0.05) is 57.2 Å². The van der Waals surface area contributed by atoms with Gasteiger partial charge in [-0.05, 0) is 81.3 Å². The van der Waals surface area contributed by atoms with Gasteiger partial charge in [0, 0.05) is 40.7 Å². The molecule has 0 aliphatic carbocycles. The van der Waals surface area contributed by atoms with Gasteiger partial charge in [0.2, 0.25) is 5.91 Å². The number of hydrogen-bond acceptors (Lipinski definition) is 7. The summed E-state index contributed by atoms with van der Waals surface area (Å²) in [5, 5.41) is 2.77. The summed E-state index contributed by atoms with van der Waals surface area (Å²) in [7, 11) is 0. The van der Waals surface area contributed by atoms with Crippen molar-refractivity contribution in [2.45, 2.75) is 85.3 Å². The number of thiophene rings is 1. The van der Waals surface area contributed by atoms with Crippen molar-refractivity contribution in [1.82, 2.24) is 15.3 Å². The van der Waals surface area contributed by atoms with Crippen LogP contribution in [0.5, 0.6) is 0 Å². The fraction of sp³-hybridized carbons (Fsp3) is 0.378. The molecule has 2 aromatic heterocycles. The van der Waals surface area contributed by atoms with Gasteiger partial charge in [-0.25, -0.2) is 19.2 Å². The van der Waals surface area contributed by atoms with Crippen LogP contribution in [0.3, 0.4) is 0 Å². The molecule has 2 aromatic carbocycles. The van der Waals surface area contributed by atoms with E-state index in [4.69, 9.17) is 4.74 Å². The number of aryl methyl sites for hydroxylation is 1. The van der Waals surface area contributed by atoms with Crippen LogP contribution in [-0.4, -0.2) is 39.3 Å². The topological polar surface area (TPSA) is 98.2 Å². The fourth-order valence-corrected chi connectivity index (χ4v) is 5.74. The molecule has 0 radical (unpaired) electrons. The lowest BCUT2D eigenvalue weighted by Crippen LogP contribution is -2.45. The summed E-state index contributed by atoms with van der Waals surface area (Å²) in [5.74, 6) is -1.55. The molecule has 4 aromatic rings. The Morgan fingerprint density at radius 3 is 2.09 bits per heavy atom. The van der Waals surface area contributed by atoms with Crippen molar-refractivity contribution in [3.8, 4) is 22.5 Å². The highest BCUT2D eigenvalue weighted by Gasteiger charge is 2.29. The Morgan fingerprint density at radius 2 is 1.52 bits per heavy atom. The smallest absolute Gasteiger partial charge is 0.328 e. The zero-order valence-corrected chi connectivity index (χ0v) is 28.5. The van der Waals surface area contributed by atoms with Crippen LogP contribution in [0.2, 0.25) is 0 Å². The van der Waals surface area contributed by atoms with Crippen molar-refractivity contribution in [2.24, 2.45) is 5.92 Å². The Labute approximate surface area is 274 Å². The minimum atomic E-state index is -0.877. The Balaban J connectivity index is 1.51. The van der Waals surface area contributed by atoms with Crippen LogP contribution in [0.4, 0.5) is 4.39 Å². The number of hydrogen-bond donors (Lipinski definition) is 1. The van der Waals surface area contributed by atoms with E-state index in [-0.39, 0.29) is 29.9 Å². The van der Waals surface area contributed by atoms with E-state index in [0.717, 1.165) is 16.0 Å². The maximum Gasteiger partial charge on any atom is 0.328 e. The highest BCUT2D eigenvalue weighted by molar-refractivity contribution is 7.14. The first-order chi connectivity index (χ1) is 21.5. The number of carbonyl (C=O) groups is 3. The van der Waals surface area contributed by atoms with Crippen LogP contribution >= 0.6 is 11.3 Å². The zero-order chi connectivity index (χ0) is 33.8. The maximum atomic E-state index is 14.0. The number of Topliss-reactive ketones (excluding diaryl/α,β-unsaturated/α-hetero) is 1. The summed E-state index contributed by atoms with van der Waals surface area (Å²) in [4.78, 5) is 50.2. The summed E-state index contributed by atoms with van der Waals surface area (Å²) in [6.07, 6.45) is 3.60. The van der Waals surface area contributed by atoms with Crippen molar-refractivity contribution in [2.75, 3.05) is 0 Å². The van der Waals surface area contributed by atoms with Gasteiger partial charge in [0.25, 0.3) is 0 Å². The molecule has 9 heteroatoms. The molecule has 0 aliphatic rings.